The highest BCUT2D eigenvalue weighted by molar-refractivity contribution is 5.69. The second-order valence-corrected chi connectivity index (χ2v) is 13.2. The third-order valence-electron chi connectivity index (χ3n) is 10.1. The van der Waals surface area contributed by atoms with E-state index in [1.54, 1.807) is 0 Å². The molecule has 3 aromatic rings. The summed E-state index contributed by atoms with van der Waals surface area (Å²) in [5.74, 6) is 1.89. The van der Waals surface area contributed by atoms with E-state index < -0.39 is 0 Å². The Morgan fingerprint density at radius 2 is 1.80 bits per heavy atom. The molecule has 4 heterocycles. The molecule has 9 nitrogen and oxygen atoms in total. The second kappa shape index (κ2) is 16.5. The molecule has 0 aliphatic carbocycles. The normalized spacial score (nSPS) is 17.2. The Hall–Kier alpha value is -3.01. The summed E-state index contributed by atoms with van der Waals surface area (Å²) >= 11 is 0. The van der Waals surface area contributed by atoms with E-state index in [9.17, 15) is 4.79 Å². The maximum absolute atomic E-state index is 11.9. The number of aromatic nitrogens is 4. The summed E-state index contributed by atoms with van der Waals surface area (Å²) in [5, 5.41) is 0. The summed E-state index contributed by atoms with van der Waals surface area (Å²) in [6.07, 6.45) is 16.6. The molecular weight excluding hydrogens is 562 g/mol. The first-order valence-corrected chi connectivity index (χ1v) is 17.4. The number of aromatic amines is 1. The lowest BCUT2D eigenvalue weighted by molar-refractivity contribution is -0.143. The predicted molar refractivity (Wildman–Crippen MR) is 178 cm³/mol. The monoisotopic (exact) mass is 617 g/mol. The molecule has 0 unspecified atom stereocenters. The average molecular weight is 618 g/mol. The number of esters is 1. The Balaban J connectivity index is 1.13. The minimum atomic E-state index is -0.142. The number of rotatable bonds is 17. The number of ether oxygens (including phenoxy) is 1. The molecule has 2 aliphatic heterocycles. The number of H-pyrrole nitrogens is 1. The summed E-state index contributed by atoms with van der Waals surface area (Å²) < 4.78 is 7.45. The quantitative estimate of drug-likeness (QED) is 0.196. The van der Waals surface area contributed by atoms with Gasteiger partial charge in [0.1, 0.15) is 11.6 Å². The van der Waals surface area contributed by atoms with Gasteiger partial charge in [-0.3, -0.25) is 9.69 Å². The van der Waals surface area contributed by atoms with E-state index in [1.165, 1.54) is 63.8 Å². The lowest BCUT2D eigenvalue weighted by Gasteiger charge is -2.42. The van der Waals surface area contributed by atoms with Gasteiger partial charge in [-0.1, -0.05) is 38.1 Å². The number of imidazole rings is 2. The van der Waals surface area contributed by atoms with Crippen LogP contribution in [-0.4, -0.2) is 85.6 Å². The third-order valence-corrected chi connectivity index (χ3v) is 10.1. The summed E-state index contributed by atoms with van der Waals surface area (Å²) in [7, 11) is 0. The van der Waals surface area contributed by atoms with E-state index in [0.29, 0.717) is 31.4 Å². The van der Waals surface area contributed by atoms with Crippen LogP contribution in [0.15, 0.2) is 49.1 Å². The topological polar surface area (TPSA) is 82.5 Å². The summed E-state index contributed by atoms with van der Waals surface area (Å²) in [5.41, 5.74) is 2.92. The van der Waals surface area contributed by atoms with Crippen molar-refractivity contribution in [1.82, 2.24) is 34.2 Å². The molecule has 2 fully saturated rings. The molecule has 0 atom stereocenters. The fraction of sp³-hybridized carbons (Fsp3) is 0.639. The zero-order chi connectivity index (χ0) is 31.5. The molecule has 2 aromatic heterocycles. The Kier molecular flexibility index (Phi) is 12.2. The van der Waals surface area contributed by atoms with E-state index in [4.69, 9.17) is 9.72 Å². The van der Waals surface area contributed by atoms with Crippen LogP contribution >= 0.6 is 0 Å². The largest absolute Gasteiger partial charge is 0.466 e. The van der Waals surface area contributed by atoms with Crippen LogP contribution in [0.1, 0.15) is 88.5 Å². The molecule has 1 spiro atoms. The number of hydrogen-bond donors (Lipinski definition) is 1. The van der Waals surface area contributed by atoms with Crippen molar-refractivity contribution >= 4 is 5.97 Å². The molecular formula is C36H55N7O2. The first kappa shape index (κ1) is 33.4. The van der Waals surface area contributed by atoms with Gasteiger partial charge in [-0.25, -0.2) is 9.97 Å². The zero-order valence-corrected chi connectivity index (χ0v) is 27.9. The van der Waals surface area contributed by atoms with E-state index in [-0.39, 0.29) is 5.97 Å². The van der Waals surface area contributed by atoms with Gasteiger partial charge in [0.25, 0.3) is 0 Å². The Bertz CT molecular complexity index is 1290. The van der Waals surface area contributed by atoms with Gasteiger partial charge in [-0.15, -0.1) is 0 Å². The van der Waals surface area contributed by atoms with Gasteiger partial charge in [0.15, 0.2) is 0 Å². The van der Waals surface area contributed by atoms with Crippen LogP contribution in [0.2, 0.25) is 0 Å². The van der Waals surface area contributed by atoms with Gasteiger partial charge >= 0.3 is 5.97 Å². The Morgan fingerprint density at radius 3 is 2.56 bits per heavy atom. The van der Waals surface area contributed by atoms with Crippen molar-refractivity contribution in [2.45, 2.75) is 104 Å². The number of hydrogen-bond acceptors (Lipinski definition) is 7. The molecule has 0 amide bonds. The number of nitrogens with one attached hydrogen (secondary N) is 1. The average Bonchev–Trinajstić information content (AvgIpc) is 3.81. The van der Waals surface area contributed by atoms with Gasteiger partial charge in [0.2, 0.25) is 0 Å². The maximum Gasteiger partial charge on any atom is 0.306 e. The lowest BCUT2D eigenvalue weighted by Crippen LogP contribution is -2.45. The highest BCUT2D eigenvalue weighted by Gasteiger charge is 2.40. The van der Waals surface area contributed by atoms with Crippen molar-refractivity contribution in [1.29, 1.82) is 0 Å². The third kappa shape index (κ3) is 9.50. The van der Waals surface area contributed by atoms with E-state index in [0.717, 1.165) is 55.9 Å². The molecule has 246 valence electrons. The van der Waals surface area contributed by atoms with Crippen molar-refractivity contribution in [3.05, 3.63) is 71.8 Å². The summed E-state index contributed by atoms with van der Waals surface area (Å²) in [6.45, 7) is 16.4. The number of aryl methyl sites for hydroxylation is 2. The fourth-order valence-corrected chi connectivity index (χ4v) is 7.54. The molecule has 1 N–H and O–H groups in total. The molecule has 2 aliphatic rings. The van der Waals surface area contributed by atoms with Crippen molar-refractivity contribution in [3.8, 4) is 0 Å². The smallest absolute Gasteiger partial charge is 0.306 e. The van der Waals surface area contributed by atoms with E-state index in [2.05, 4.69) is 73.5 Å². The van der Waals surface area contributed by atoms with Crippen LogP contribution in [-0.2, 0) is 42.1 Å². The maximum atomic E-state index is 11.9. The molecule has 0 radical (unpaired) electrons. The fourth-order valence-electron chi connectivity index (χ4n) is 7.54. The first-order valence-electron chi connectivity index (χ1n) is 17.4. The number of carbonyl (C=O) groups excluding carboxylic acids is 1. The molecule has 2 saturated heterocycles. The van der Waals surface area contributed by atoms with Crippen LogP contribution in [0.4, 0.5) is 0 Å². The van der Waals surface area contributed by atoms with Crippen LogP contribution in [0, 0.1) is 5.41 Å². The highest BCUT2D eigenvalue weighted by atomic mass is 16.5. The number of carbonyl (C=O) groups is 1. The van der Waals surface area contributed by atoms with E-state index in [1.807, 2.05) is 25.5 Å². The molecule has 1 aromatic carbocycles. The minimum absolute atomic E-state index is 0.142. The van der Waals surface area contributed by atoms with Crippen LogP contribution in [0.3, 0.4) is 0 Å². The molecule has 9 heteroatoms. The Morgan fingerprint density at radius 1 is 1.00 bits per heavy atom. The van der Waals surface area contributed by atoms with Gasteiger partial charge < -0.3 is 24.1 Å². The van der Waals surface area contributed by atoms with Gasteiger partial charge in [0.05, 0.1) is 19.7 Å². The zero-order valence-electron chi connectivity index (χ0n) is 27.9. The predicted octanol–water partition coefficient (Wildman–Crippen LogP) is 5.67. The second-order valence-electron chi connectivity index (χ2n) is 13.2. The minimum Gasteiger partial charge on any atom is -0.466 e. The molecule has 5 rings (SSSR count). The summed E-state index contributed by atoms with van der Waals surface area (Å²) in [6, 6.07) is 9.31. The number of likely N-dealkylation sites (tertiary alicyclic amines) is 2. The Labute approximate surface area is 270 Å². The van der Waals surface area contributed by atoms with Crippen LogP contribution in [0.5, 0.6) is 0 Å². The standard InChI is InChI=1S/C36H55N7O2/c1-4-32(5-2)42-22-14-36(15-23-42)13-21-40(29-36)19-8-20-43-24-18-39-34(43)28-41(27-33-37-16-17-38-33)26-31-10-7-9-30(25-31)11-12-35(44)45-6-3/h7,9-10,16-18,24-25,32H,4-6,8,11-15,19-23,26-29H2,1-3H3,(H,37,38). The van der Waals surface area contributed by atoms with Crippen molar-refractivity contribution in [2.75, 3.05) is 39.3 Å². The molecule has 45 heavy (non-hydrogen) atoms. The highest BCUT2D eigenvalue weighted by Crippen LogP contribution is 2.41. The van der Waals surface area contributed by atoms with Crippen molar-refractivity contribution in [3.63, 3.8) is 0 Å². The SMILES string of the molecule is CCOC(=O)CCc1cccc(CN(Cc2ncc[nH]2)Cc2nccn2CCCN2CCC3(CCN(C(CC)CC)CC3)C2)c1. The van der Waals surface area contributed by atoms with Gasteiger partial charge in [0, 0.05) is 56.9 Å². The van der Waals surface area contributed by atoms with Gasteiger partial charge in [-0.05, 0) is 94.6 Å². The number of benzene rings is 1. The van der Waals surface area contributed by atoms with Crippen molar-refractivity contribution < 1.29 is 9.53 Å². The molecule has 0 saturated carbocycles. The van der Waals surface area contributed by atoms with Crippen LogP contribution in [0.25, 0.3) is 0 Å². The number of nitrogens with zero attached hydrogens (tertiary/aromatic N) is 6. The van der Waals surface area contributed by atoms with Crippen LogP contribution < -0.4 is 0 Å². The summed E-state index contributed by atoms with van der Waals surface area (Å²) in [4.78, 5) is 32.3. The number of piperidine rings is 1. The lowest BCUT2D eigenvalue weighted by atomic mass is 9.77. The van der Waals surface area contributed by atoms with E-state index >= 15 is 0 Å². The first-order chi connectivity index (χ1) is 22.0. The van der Waals surface area contributed by atoms with Gasteiger partial charge in [-0.2, -0.15) is 0 Å². The molecule has 0 bridgehead atoms. The van der Waals surface area contributed by atoms with Crippen molar-refractivity contribution in [2.24, 2.45) is 5.41 Å².